The van der Waals surface area contributed by atoms with Gasteiger partial charge in [-0.2, -0.15) is 0 Å². The molecule has 1 aliphatic carbocycles. The van der Waals surface area contributed by atoms with Crippen LogP contribution in [-0.4, -0.2) is 5.78 Å². The summed E-state index contributed by atoms with van der Waals surface area (Å²) in [6, 6.07) is 0. The molecule has 1 saturated carbocycles. The van der Waals surface area contributed by atoms with Gasteiger partial charge in [0, 0.05) is 0 Å². The lowest BCUT2D eigenvalue weighted by Gasteiger charge is -2.18. The minimum atomic E-state index is 0.167. The average molecular weight is 128 g/mol. The molecule has 1 heteroatoms. The van der Waals surface area contributed by atoms with Gasteiger partial charge in [-0.15, -0.1) is 0 Å². The Labute approximate surface area is 57.5 Å². The maximum Gasteiger partial charge on any atom is 0.126 e. The Balaban J connectivity index is 0.000000148. The molecule has 9 heavy (non-hydrogen) atoms. The molecule has 0 radical (unpaired) electrons. The second kappa shape index (κ2) is 4.54. The van der Waals surface area contributed by atoms with E-state index in [9.17, 15) is 4.79 Å². The number of hydrogen-bond acceptors (Lipinski definition) is 1. The molecule has 0 spiro atoms. The van der Waals surface area contributed by atoms with E-state index in [1.54, 1.807) is 0 Å². The molecule has 0 unspecified atom stereocenters. The number of carbonyl (C=O) groups is 1. The third kappa shape index (κ3) is 7.67. The molecule has 1 nitrogen and oxygen atoms in total. The van der Waals surface area contributed by atoms with Crippen molar-refractivity contribution in [1.82, 2.24) is 0 Å². The molecule has 1 aliphatic rings. The van der Waals surface area contributed by atoms with Crippen LogP contribution in [0.15, 0.2) is 0 Å². The Morgan fingerprint density at radius 3 is 1.56 bits per heavy atom. The van der Waals surface area contributed by atoms with Gasteiger partial charge in [0.2, 0.25) is 0 Å². The van der Waals surface area contributed by atoms with E-state index in [4.69, 9.17) is 0 Å². The molecule has 1 rings (SSSR count). The van der Waals surface area contributed by atoms with E-state index in [1.165, 1.54) is 33.1 Å². The minimum Gasteiger partial charge on any atom is -0.300 e. The van der Waals surface area contributed by atoms with Crippen molar-refractivity contribution in [3.05, 3.63) is 0 Å². The second-order valence-corrected chi connectivity index (χ2v) is 2.94. The van der Waals surface area contributed by atoms with Crippen molar-refractivity contribution in [3.63, 3.8) is 0 Å². The first-order valence-corrected chi connectivity index (χ1v) is 3.60. The number of hydrogen-bond donors (Lipinski definition) is 0. The fourth-order valence-corrected chi connectivity index (χ4v) is 0.612. The molecular weight excluding hydrogens is 112 g/mol. The molecular formula is C8H16O. The van der Waals surface area contributed by atoms with E-state index in [-0.39, 0.29) is 5.78 Å². The molecule has 0 N–H and O–H groups in total. The van der Waals surface area contributed by atoms with Crippen molar-refractivity contribution in [1.29, 1.82) is 0 Å². The second-order valence-electron chi connectivity index (χ2n) is 2.94. The normalized spacial score (nSPS) is 17.2. The summed E-state index contributed by atoms with van der Waals surface area (Å²) in [7, 11) is 0. The third-order valence-corrected chi connectivity index (χ3v) is 1.39. The summed E-state index contributed by atoms with van der Waals surface area (Å²) in [5.41, 5.74) is 0. The van der Waals surface area contributed by atoms with Crippen molar-refractivity contribution >= 4 is 5.78 Å². The van der Waals surface area contributed by atoms with E-state index in [0.29, 0.717) is 0 Å². The molecule has 0 aromatic heterocycles. The number of ketones is 1. The van der Waals surface area contributed by atoms with Crippen molar-refractivity contribution in [2.24, 2.45) is 5.92 Å². The highest BCUT2D eigenvalue weighted by molar-refractivity contribution is 5.72. The van der Waals surface area contributed by atoms with E-state index in [2.05, 4.69) is 6.92 Å². The summed E-state index contributed by atoms with van der Waals surface area (Å²) in [5.74, 6) is 1.23. The quantitative estimate of drug-likeness (QED) is 0.489. The molecule has 0 aromatic carbocycles. The Kier molecular flexibility index (Phi) is 4.37. The molecule has 0 amide bonds. The Morgan fingerprint density at radius 1 is 1.33 bits per heavy atom. The lowest BCUT2D eigenvalue weighted by atomic mass is 9.88. The topological polar surface area (TPSA) is 17.1 Å². The predicted octanol–water partition coefficient (Wildman–Crippen LogP) is 2.40. The summed E-state index contributed by atoms with van der Waals surface area (Å²) in [6.07, 6.45) is 4.46. The van der Waals surface area contributed by atoms with Crippen LogP contribution in [0.25, 0.3) is 0 Å². The van der Waals surface area contributed by atoms with Crippen LogP contribution < -0.4 is 0 Å². The van der Waals surface area contributed by atoms with E-state index >= 15 is 0 Å². The Hall–Kier alpha value is -0.330. The van der Waals surface area contributed by atoms with Gasteiger partial charge in [-0.05, 0) is 19.8 Å². The minimum absolute atomic E-state index is 0.167. The molecule has 0 atom stereocenters. The van der Waals surface area contributed by atoms with Crippen LogP contribution in [0.4, 0.5) is 0 Å². The SMILES string of the molecule is CC(C)=O.CC1CCC1. The first kappa shape index (κ1) is 8.67. The van der Waals surface area contributed by atoms with Crippen LogP contribution in [0.3, 0.4) is 0 Å². The van der Waals surface area contributed by atoms with Crippen molar-refractivity contribution < 1.29 is 4.79 Å². The highest BCUT2D eigenvalue weighted by atomic mass is 16.1. The summed E-state index contributed by atoms with van der Waals surface area (Å²) in [4.78, 5) is 9.44. The molecule has 0 aromatic rings. The van der Waals surface area contributed by atoms with Crippen LogP contribution in [0, 0.1) is 5.92 Å². The van der Waals surface area contributed by atoms with Gasteiger partial charge in [0.1, 0.15) is 5.78 Å². The number of carbonyl (C=O) groups excluding carboxylic acids is 1. The van der Waals surface area contributed by atoms with Crippen molar-refractivity contribution in [3.8, 4) is 0 Å². The summed E-state index contributed by atoms with van der Waals surface area (Å²) in [5, 5.41) is 0. The van der Waals surface area contributed by atoms with E-state index in [0.717, 1.165) is 5.92 Å². The average Bonchev–Trinajstić information content (AvgIpc) is 1.59. The van der Waals surface area contributed by atoms with Crippen LogP contribution in [0.5, 0.6) is 0 Å². The molecule has 0 heterocycles. The Morgan fingerprint density at radius 2 is 1.56 bits per heavy atom. The highest BCUT2D eigenvalue weighted by Gasteiger charge is 2.09. The number of rotatable bonds is 0. The first-order valence-electron chi connectivity index (χ1n) is 3.60. The molecule has 1 fully saturated rings. The van der Waals surface area contributed by atoms with Gasteiger partial charge in [-0.1, -0.05) is 26.2 Å². The van der Waals surface area contributed by atoms with Gasteiger partial charge >= 0.3 is 0 Å². The lowest BCUT2D eigenvalue weighted by molar-refractivity contribution is -0.114. The van der Waals surface area contributed by atoms with Gasteiger partial charge in [-0.25, -0.2) is 0 Å². The van der Waals surface area contributed by atoms with E-state index in [1.807, 2.05) is 0 Å². The fraction of sp³-hybridized carbons (Fsp3) is 0.875. The maximum absolute atomic E-state index is 9.44. The van der Waals surface area contributed by atoms with Crippen LogP contribution in [0.2, 0.25) is 0 Å². The van der Waals surface area contributed by atoms with Gasteiger partial charge < -0.3 is 4.79 Å². The molecule has 0 bridgehead atoms. The zero-order valence-corrected chi connectivity index (χ0v) is 6.61. The third-order valence-electron chi connectivity index (χ3n) is 1.39. The van der Waals surface area contributed by atoms with Crippen LogP contribution in [-0.2, 0) is 4.79 Å². The zero-order valence-electron chi connectivity index (χ0n) is 6.61. The predicted molar refractivity (Wildman–Crippen MR) is 39.4 cm³/mol. The largest absolute Gasteiger partial charge is 0.300 e. The number of Topliss-reactive ketones (excluding diaryl/α,β-unsaturated/α-hetero) is 1. The summed E-state index contributed by atoms with van der Waals surface area (Å²) in [6.45, 7) is 5.36. The van der Waals surface area contributed by atoms with Gasteiger partial charge in [-0.3, -0.25) is 0 Å². The monoisotopic (exact) mass is 128 g/mol. The molecule has 0 aliphatic heterocycles. The summed E-state index contributed by atoms with van der Waals surface area (Å²) >= 11 is 0. The van der Waals surface area contributed by atoms with Crippen LogP contribution in [0.1, 0.15) is 40.0 Å². The molecule has 54 valence electrons. The van der Waals surface area contributed by atoms with Crippen LogP contribution >= 0.6 is 0 Å². The Bertz CT molecular complexity index is 78.6. The highest BCUT2D eigenvalue weighted by Crippen LogP contribution is 2.24. The zero-order chi connectivity index (χ0) is 7.28. The van der Waals surface area contributed by atoms with Gasteiger partial charge in [0.15, 0.2) is 0 Å². The van der Waals surface area contributed by atoms with Crippen molar-refractivity contribution in [2.75, 3.05) is 0 Å². The molecule has 0 saturated heterocycles. The summed E-state index contributed by atoms with van der Waals surface area (Å²) < 4.78 is 0. The standard InChI is InChI=1S/C5H10.C3H6O/c1-5-3-2-4-5;1-3(2)4/h5H,2-4H2,1H3;1-2H3. The smallest absolute Gasteiger partial charge is 0.126 e. The first-order chi connectivity index (χ1) is 4.13. The fourth-order valence-electron chi connectivity index (χ4n) is 0.612. The lowest BCUT2D eigenvalue weighted by Crippen LogP contribution is -2.04. The van der Waals surface area contributed by atoms with E-state index < -0.39 is 0 Å². The van der Waals surface area contributed by atoms with Gasteiger partial charge in [0.25, 0.3) is 0 Å². The maximum atomic E-state index is 9.44. The van der Waals surface area contributed by atoms with Crippen molar-refractivity contribution in [2.45, 2.75) is 40.0 Å². The van der Waals surface area contributed by atoms with Gasteiger partial charge in [0.05, 0.1) is 0 Å².